The minimum atomic E-state index is -0.183. The molecule has 0 aliphatic heterocycles. The van der Waals surface area contributed by atoms with Gasteiger partial charge in [0.05, 0.1) is 5.02 Å². The molecule has 1 atom stereocenters. The van der Waals surface area contributed by atoms with Crippen molar-refractivity contribution in [2.75, 3.05) is 6.54 Å². The lowest BCUT2D eigenvalue weighted by atomic mass is 9.99. The first-order valence-corrected chi connectivity index (χ1v) is 7.69. The van der Waals surface area contributed by atoms with Gasteiger partial charge in [-0.05, 0) is 24.1 Å². The third-order valence-electron chi connectivity index (χ3n) is 3.23. The summed E-state index contributed by atoms with van der Waals surface area (Å²) >= 11 is 9.39. The number of carbonyl (C=O) groups excluding carboxylic acids is 1. The van der Waals surface area contributed by atoms with Crippen LogP contribution in [0.1, 0.15) is 37.0 Å². The summed E-state index contributed by atoms with van der Waals surface area (Å²) in [6.45, 7) is 4.86. The molecule has 5 heteroatoms. The first kappa shape index (κ1) is 16.3. The molecule has 0 saturated carbocycles. The molecule has 1 amide bonds. The van der Waals surface area contributed by atoms with Crippen molar-refractivity contribution in [3.63, 3.8) is 0 Å². The van der Waals surface area contributed by atoms with Crippen LogP contribution in [0.15, 0.2) is 18.2 Å². The second-order valence-electron chi connectivity index (χ2n) is 4.47. The van der Waals surface area contributed by atoms with Crippen LogP contribution in [0.4, 0.5) is 0 Å². The fraction of sp³-hybridized carbons (Fsp3) is 0.500. The summed E-state index contributed by atoms with van der Waals surface area (Å²) in [7, 11) is 0. The Labute approximate surface area is 127 Å². The number of halogens is 2. The average Bonchev–Trinajstić information content (AvgIpc) is 2.40. The number of rotatable bonds is 6. The van der Waals surface area contributed by atoms with Gasteiger partial charge < -0.3 is 10.4 Å². The van der Waals surface area contributed by atoms with E-state index in [9.17, 15) is 9.90 Å². The van der Waals surface area contributed by atoms with Gasteiger partial charge >= 0.3 is 0 Å². The highest BCUT2D eigenvalue weighted by atomic mass is 79.9. The number of benzene rings is 1. The van der Waals surface area contributed by atoms with Crippen LogP contribution in [-0.4, -0.2) is 22.4 Å². The zero-order valence-corrected chi connectivity index (χ0v) is 13.5. The lowest BCUT2D eigenvalue weighted by Gasteiger charge is -2.19. The molecule has 2 N–H and O–H groups in total. The van der Waals surface area contributed by atoms with Crippen molar-refractivity contribution in [3.05, 3.63) is 28.8 Å². The van der Waals surface area contributed by atoms with Gasteiger partial charge in [-0.25, -0.2) is 0 Å². The van der Waals surface area contributed by atoms with Crippen molar-refractivity contribution in [1.82, 2.24) is 5.32 Å². The van der Waals surface area contributed by atoms with E-state index >= 15 is 0 Å². The number of phenols is 1. The van der Waals surface area contributed by atoms with Crippen LogP contribution in [0.3, 0.4) is 0 Å². The normalized spacial score (nSPS) is 12.5. The molecule has 1 aromatic carbocycles. The Morgan fingerprint density at radius 2 is 2.05 bits per heavy atom. The van der Waals surface area contributed by atoms with Crippen LogP contribution in [0, 0.1) is 5.92 Å². The summed E-state index contributed by atoms with van der Waals surface area (Å²) in [6.07, 6.45) is 2.15. The van der Waals surface area contributed by atoms with E-state index in [4.69, 9.17) is 11.6 Å². The Morgan fingerprint density at radius 1 is 1.42 bits per heavy atom. The second-order valence-corrected chi connectivity index (χ2v) is 6.05. The predicted octanol–water partition coefficient (Wildman–Crippen LogP) is 3.98. The van der Waals surface area contributed by atoms with Crippen molar-refractivity contribution in [2.24, 2.45) is 5.92 Å². The van der Waals surface area contributed by atoms with E-state index in [0.717, 1.165) is 12.8 Å². The molecule has 0 spiro atoms. The van der Waals surface area contributed by atoms with E-state index in [1.165, 1.54) is 12.1 Å². The van der Waals surface area contributed by atoms with Gasteiger partial charge in [-0.15, -0.1) is 0 Å². The maximum absolute atomic E-state index is 11.9. The molecule has 0 aliphatic carbocycles. The molecule has 1 rings (SSSR count). The molecular formula is C14H19BrClNO2. The molecule has 0 bridgehead atoms. The van der Waals surface area contributed by atoms with Gasteiger partial charge in [0, 0.05) is 16.9 Å². The van der Waals surface area contributed by atoms with Gasteiger partial charge in [-0.1, -0.05) is 54.2 Å². The Balaban J connectivity index is 2.58. The average molecular weight is 349 g/mol. The summed E-state index contributed by atoms with van der Waals surface area (Å²) in [6, 6.07) is 4.44. The van der Waals surface area contributed by atoms with Crippen LogP contribution in [-0.2, 0) is 0 Å². The number of carbonyl (C=O) groups is 1. The third kappa shape index (κ3) is 4.69. The number of phenolic OH excluding ortho intramolecular Hbond substituents is 1. The van der Waals surface area contributed by atoms with Gasteiger partial charge in [0.15, 0.2) is 0 Å². The Bertz CT molecular complexity index is 435. The monoisotopic (exact) mass is 347 g/mol. The van der Waals surface area contributed by atoms with E-state index in [0.29, 0.717) is 18.0 Å². The highest BCUT2D eigenvalue weighted by molar-refractivity contribution is 9.09. The van der Waals surface area contributed by atoms with Crippen molar-refractivity contribution >= 4 is 33.4 Å². The molecule has 106 valence electrons. The summed E-state index contributed by atoms with van der Waals surface area (Å²) in [5.74, 6) is 0.342. The van der Waals surface area contributed by atoms with Crippen LogP contribution >= 0.6 is 27.5 Å². The number of hydrogen-bond acceptors (Lipinski definition) is 2. The maximum atomic E-state index is 11.9. The third-order valence-corrected chi connectivity index (χ3v) is 4.60. The number of alkyl halides is 1. The van der Waals surface area contributed by atoms with Crippen molar-refractivity contribution in [2.45, 2.75) is 31.5 Å². The quantitative estimate of drug-likeness (QED) is 0.764. The van der Waals surface area contributed by atoms with Crippen molar-refractivity contribution in [1.29, 1.82) is 0 Å². The molecular weight excluding hydrogens is 330 g/mol. The van der Waals surface area contributed by atoms with Gasteiger partial charge in [-0.3, -0.25) is 4.79 Å². The second kappa shape index (κ2) is 7.75. The number of aromatic hydroxyl groups is 1. The Morgan fingerprint density at radius 3 is 2.58 bits per heavy atom. The fourth-order valence-electron chi connectivity index (χ4n) is 1.91. The van der Waals surface area contributed by atoms with E-state index in [-0.39, 0.29) is 21.5 Å². The molecule has 1 aromatic rings. The van der Waals surface area contributed by atoms with Gasteiger partial charge in [0.1, 0.15) is 5.75 Å². The Kier molecular flexibility index (Phi) is 6.66. The van der Waals surface area contributed by atoms with Crippen LogP contribution in [0.25, 0.3) is 0 Å². The summed E-state index contributed by atoms with van der Waals surface area (Å²) in [5, 5.41) is 12.4. The van der Waals surface area contributed by atoms with Gasteiger partial charge in [-0.2, -0.15) is 0 Å². The highest BCUT2D eigenvalue weighted by Gasteiger charge is 2.16. The molecule has 0 fully saturated rings. The first-order valence-electron chi connectivity index (χ1n) is 6.40. The standard InChI is InChI=1S/C14H19BrClNO2/c1-3-9(4-2)11(15)8-17-14(19)10-5-6-13(18)12(16)7-10/h5-7,9,11,18H,3-4,8H2,1-2H3,(H,17,19). The zero-order valence-electron chi connectivity index (χ0n) is 11.1. The first-order chi connectivity index (χ1) is 8.99. The van der Waals surface area contributed by atoms with Crippen LogP contribution < -0.4 is 5.32 Å². The van der Waals surface area contributed by atoms with E-state index in [2.05, 4.69) is 35.1 Å². The fourth-order valence-corrected chi connectivity index (χ4v) is 3.00. The molecule has 0 aliphatic rings. The molecule has 1 unspecified atom stereocenters. The van der Waals surface area contributed by atoms with Crippen LogP contribution in [0.2, 0.25) is 5.02 Å². The van der Waals surface area contributed by atoms with Crippen molar-refractivity contribution in [3.8, 4) is 5.75 Å². The van der Waals surface area contributed by atoms with E-state index in [1.807, 2.05) is 0 Å². The Hall–Kier alpha value is -0.740. The number of hydrogen-bond donors (Lipinski definition) is 2. The summed E-state index contributed by atoms with van der Waals surface area (Å²) < 4.78 is 0. The van der Waals surface area contributed by atoms with Crippen molar-refractivity contribution < 1.29 is 9.90 Å². The lowest BCUT2D eigenvalue weighted by molar-refractivity contribution is 0.0952. The smallest absolute Gasteiger partial charge is 0.251 e. The minimum Gasteiger partial charge on any atom is -0.506 e. The molecule has 19 heavy (non-hydrogen) atoms. The number of amides is 1. The molecule has 0 aromatic heterocycles. The van der Waals surface area contributed by atoms with E-state index in [1.54, 1.807) is 6.07 Å². The topological polar surface area (TPSA) is 49.3 Å². The molecule has 3 nitrogen and oxygen atoms in total. The largest absolute Gasteiger partial charge is 0.506 e. The number of nitrogens with one attached hydrogen (secondary N) is 1. The highest BCUT2D eigenvalue weighted by Crippen LogP contribution is 2.24. The van der Waals surface area contributed by atoms with Gasteiger partial charge in [0.2, 0.25) is 0 Å². The molecule has 0 saturated heterocycles. The SMILES string of the molecule is CCC(CC)C(Br)CNC(=O)c1ccc(O)c(Cl)c1. The molecule has 0 heterocycles. The minimum absolute atomic E-state index is 0.0198. The zero-order chi connectivity index (χ0) is 14.4. The van der Waals surface area contributed by atoms with Gasteiger partial charge in [0.25, 0.3) is 5.91 Å². The molecule has 0 radical (unpaired) electrons. The predicted molar refractivity (Wildman–Crippen MR) is 82.2 cm³/mol. The van der Waals surface area contributed by atoms with Crippen LogP contribution in [0.5, 0.6) is 5.75 Å². The van der Waals surface area contributed by atoms with E-state index < -0.39 is 0 Å². The summed E-state index contributed by atoms with van der Waals surface area (Å²) in [4.78, 5) is 12.2. The lowest BCUT2D eigenvalue weighted by Crippen LogP contribution is -2.32. The maximum Gasteiger partial charge on any atom is 0.251 e. The summed E-state index contributed by atoms with van der Waals surface area (Å²) in [5.41, 5.74) is 0.451.